The summed E-state index contributed by atoms with van der Waals surface area (Å²) in [5, 5.41) is 12.4. The standard InChI is InChI=1S/C18H21F2NO/c1-11-6-15(7-12(2)18(11)20)13(3)21-9-14-4-5-17(19)16(8-14)10-22/h4-8,13,21-22H,9-10H2,1-3H3. The maximum absolute atomic E-state index is 13.7. The molecule has 2 aromatic rings. The third-order valence-electron chi connectivity index (χ3n) is 3.85. The molecular formula is C18H21F2NO. The first-order valence-corrected chi connectivity index (χ1v) is 7.30. The van der Waals surface area contributed by atoms with Gasteiger partial charge in [-0.3, -0.25) is 0 Å². The molecule has 2 N–H and O–H groups in total. The predicted molar refractivity (Wildman–Crippen MR) is 83.5 cm³/mol. The van der Waals surface area contributed by atoms with E-state index in [9.17, 15) is 8.78 Å². The average molecular weight is 305 g/mol. The molecule has 0 amide bonds. The minimum absolute atomic E-state index is 0.0422. The van der Waals surface area contributed by atoms with Crippen molar-refractivity contribution in [1.29, 1.82) is 0 Å². The molecule has 0 aliphatic carbocycles. The zero-order valence-electron chi connectivity index (χ0n) is 13.1. The van der Waals surface area contributed by atoms with Gasteiger partial charge in [-0.25, -0.2) is 8.78 Å². The first-order valence-electron chi connectivity index (χ1n) is 7.30. The molecule has 1 atom stereocenters. The first kappa shape index (κ1) is 16.6. The highest BCUT2D eigenvalue weighted by atomic mass is 19.1. The van der Waals surface area contributed by atoms with Gasteiger partial charge in [-0.15, -0.1) is 0 Å². The van der Waals surface area contributed by atoms with Crippen LogP contribution in [0, 0.1) is 25.5 Å². The van der Waals surface area contributed by atoms with Crippen molar-refractivity contribution in [3.05, 3.63) is 69.8 Å². The SMILES string of the molecule is Cc1cc(C(C)NCc2ccc(F)c(CO)c2)cc(C)c1F. The number of rotatable bonds is 5. The van der Waals surface area contributed by atoms with Crippen molar-refractivity contribution < 1.29 is 13.9 Å². The lowest BCUT2D eigenvalue weighted by atomic mass is 10.0. The Bertz CT molecular complexity index is 647. The van der Waals surface area contributed by atoms with Crippen LogP contribution in [0.2, 0.25) is 0 Å². The summed E-state index contributed by atoms with van der Waals surface area (Å²) in [6, 6.07) is 8.42. The molecule has 2 rings (SSSR count). The highest BCUT2D eigenvalue weighted by Crippen LogP contribution is 2.20. The Kier molecular flexibility index (Phi) is 5.27. The molecule has 0 aromatic heterocycles. The summed E-state index contributed by atoms with van der Waals surface area (Å²) in [6.45, 7) is 5.75. The Balaban J connectivity index is 2.08. The fraction of sp³-hybridized carbons (Fsp3) is 0.333. The molecule has 4 heteroatoms. The molecule has 2 aromatic carbocycles. The second-order valence-corrected chi connectivity index (χ2v) is 5.66. The van der Waals surface area contributed by atoms with Gasteiger partial charge in [-0.1, -0.05) is 18.2 Å². The van der Waals surface area contributed by atoms with Gasteiger partial charge >= 0.3 is 0 Å². The van der Waals surface area contributed by atoms with Gasteiger partial charge in [0, 0.05) is 18.2 Å². The molecule has 0 aliphatic heterocycles. The van der Waals surface area contributed by atoms with E-state index < -0.39 is 5.82 Å². The van der Waals surface area contributed by atoms with Crippen molar-refractivity contribution >= 4 is 0 Å². The maximum Gasteiger partial charge on any atom is 0.129 e. The number of aliphatic hydroxyl groups excluding tert-OH is 1. The molecule has 0 aliphatic rings. The van der Waals surface area contributed by atoms with E-state index in [4.69, 9.17) is 5.11 Å². The number of aryl methyl sites for hydroxylation is 2. The van der Waals surface area contributed by atoms with Crippen molar-refractivity contribution in [2.45, 2.75) is 40.0 Å². The van der Waals surface area contributed by atoms with Crippen LogP contribution in [-0.4, -0.2) is 5.11 Å². The third kappa shape index (κ3) is 3.70. The van der Waals surface area contributed by atoms with E-state index in [1.807, 2.05) is 19.1 Å². The van der Waals surface area contributed by atoms with Gasteiger partial charge in [0.05, 0.1) is 6.61 Å². The molecule has 0 spiro atoms. The minimum atomic E-state index is -0.399. The number of hydrogen-bond acceptors (Lipinski definition) is 2. The minimum Gasteiger partial charge on any atom is -0.392 e. The van der Waals surface area contributed by atoms with Crippen molar-refractivity contribution in [1.82, 2.24) is 5.32 Å². The first-order chi connectivity index (χ1) is 10.4. The van der Waals surface area contributed by atoms with Crippen LogP contribution in [0.4, 0.5) is 8.78 Å². The Labute approximate surface area is 129 Å². The lowest BCUT2D eigenvalue weighted by Crippen LogP contribution is -2.18. The monoisotopic (exact) mass is 305 g/mol. The van der Waals surface area contributed by atoms with Gasteiger partial charge in [0.1, 0.15) is 11.6 Å². The molecule has 0 saturated carbocycles. The summed E-state index contributed by atoms with van der Waals surface area (Å²) in [4.78, 5) is 0. The van der Waals surface area contributed by atoms with E-state index in [1.165, 1.54) is 6.07 Å². The third-order valence-corrected chi connectivity index (χ3v) is 3.85. The van der Waals surface area contributed by atoms with Crippen LogP contribution < -0.4 is 5.32 Å². The fourth-order valence-electron chi connectivity index (χ4n) is 2.48. The summed E-state index contributed by atoms with van der Waals surface area (Å²) in [5.41, 5.74) is 3.47. The maximum atomic E-state index is 13.7. The Morgan fingerprint density at radius 3 is 2.32 bits per heavy atom. The van der Waals surface area contributed by atoms with E-state index >= 15 is 0 Å². The number of nitrogens with one attached hydrogen (secondary N) is 1. The summed E-state index contributed by atoms with van der Waals surface area (Å²) in [5.74, 6) is -0.564. The molecule has 0 radical (unpaired) electrons. The molecular weight excluding hydrogens is 284 g/mol. The lowest BCUT2D eigenvalue weighted by Gasteiger charge is -2.17. The second-order valence-electron chi connectivity index (χ2n) is 5.66. The van der Waals surface area contributed by atoms with Crippen LogP contribution in [0.15, 0.2) is 30.3 Å². The molecule has 2 nitrogen and oxygen atoms in total. The van der Waals surface area contributed by atoms with Gasteiger partial charge in [0.15, 0.2) is 0 Å². The van der Waals surface area contributed by atoms with Crippen LogP contribution >= 0.6 is 0 Å². The highest BCUT2D eigenvalue weighted by molar-refractivity contribution is 5.32. The number of halogens is 2. The molecule has 0 saturated heterocycles. The summed E-state index contributed by atoms with van der Waals surface area (Å²) >= 11 is 0. The van der Waals surface area contributed by atoms with Crippen LogP contribution in [-0.2, 0) is 13.2 Å². The second kappa shape index (κ2) is 6.99. The summed E-state index contributed by atoms with van der Waals surface area (Å²) in [6.07, 6.45) is 0. The van der Waals surface area contributed by atoms with Crippen molar-refractivity contribution in [2.75, 3.05) is 0 Å². The van der Waals surface area contributed by atoms with Gasteiger partial charge in [-0.2, -0.15) is 0 Å². The number of benzene rings is 2. The summed E-state index contributed by atoms with van der Waals surface area (Å²) < 4.78 is 27.0. The zero-order chi connectivity index (χ0) is 16.3. The summed E-state index contributed by atoms with van der Waals surface area (Å²) in [7, 11) is 0. The van der Waals surface area contributed by atoms with E-state index in [0.717, 1.165) is 11.1 Å². The van der Waals surface area contributed by atoms with Crippen LogP contribution in [0.25, 0.3) is 0 Å². The lowest BCUT2D eigenvalue weighted by molar-refractivity contribution is 0.275. The molecule has 22 heavy (non-hydrogen) atoms. The zero-order valence-corrected chi connectivity index (χ0v) is 13.1. The molecule has 0 heterocycles. The normalized spacial score (nSPS) is 12.5. The van der Waals surface area contributed by atoms with Crippen molar-refractivity contribution in [2.24, 2.45) is 0 Å². The van der Waals surface area contributed by atoms with E-state index in [0.29, 0.717) is 23.2 Å². The fourth-order valence-corrected chi connectivity index (χ4v) is 2.48. The average Bonchev–Trinajstić information content (AvgIpc) is 2.50. The smallest absolute Gasteiger partial charge is 0.129 e. The predicted octanol–water partition coefficient (Wildman–Crippen LogP) is 3.92. The van der Waals surface area contributed by atoms with E-state index in [-0.39, 0.29) is 18.5 Å². The number of hydrogen-bond donors (Lipinski definition) is 2. The quantitative estimate of drug-likeness (QED) is 0.877. The van der Waals surface area contributed by atoms with Crippen molar-refractivity contribution in [3.8, 4) is 0 Å². The van der Waals surface area contributed by atoms with Gasteiger partial charge in [0.25, 0.3) is 0 Å². The topological polar surface area (TPSA) is 32.3 Å². The van der Waals surface area contributed by atoms with E-state index in [2.05, 4.69) is 5.32 Å². The molecule has 118 valence electrons. The van der Waals surface area contributed by atoms with Crippen LogP contribution in [0.3, 0.4) is 0 Å². The van der Waals surface area contributed by atoms with E-state index in [1.54, 1.807) is 26.0 Å². The Hall–Kier alpha value is -1.78. The molecule has 0 bridgehead atoms. The molecule has 0 fully saturated rings. The van der Waals surface area contributed by atoms with Crippen molar-refractivity contribution in [3.63, 3.8) is 0 Å². The van der Waals surface area contributed by atoms with Crippen LogP contribution in [0.1, 0.15) is 40.8 Å². The Morgan fingerprint density at radius 1 is 1.09 bits per heavy atom. The van der Waals surface area contributed by atoms with Gasteiger partial charge < -0.3 is 10.4 Å². The number of aliphatic hydroxyl groups is 1. The van der Waals surface area contributed by atoms with Crippen LogP contribution in [0.5, 0.6) is 0 Å². The largest absolute Gasteiger partial charge is 0.392 e. The highest BCUT2D eigenvalue weighted by Gasteiger charge is 2.10. The van der Waals surface area contributed by atoms with Gasteiger partial charge in [0.2, 0.25) is 0 Å². The molecule has 1 unspecified atom stereocenters. The Morgan fingerprint density at radius 2 is 1.73 bits per heavy atom. The van der Waals surface area contributed by atoms with Gasteiger partial charge in [-0.05, 0) is 55.2 Å².